The van der Waals surface area contributed by atoms with E-state index < -0.39 is 5.92 Å². The Kier molecular flexibility index (Phi) is 6.65. The minimum atomic E-state index is -0.627. The lowest BCUT2D eigenvalue weighted by Crippen LogP contribution is -2.39. The van der Waals surface area contributed by atoms with Gasteiger partial charge in [0.1, 0.15) is 0 Å². The Bertz CT molecular complexity index is 1460. The Morgan fingerprint density at radius 1 is 1.08 bits per heavy atom. The van der Waals surface area contributed by atoms with Crippen molar-refractivity contribution >= 4 is 38.4 Å². The normalized spacial score (nSPS) is 18.7. The van der Waals surface area contributed by atoms with Crippen LogP contribution in [0.5, 0.6) is 17.2 Å². The molecule has 5 rings (SSSR count). The summed E-state index contributed by atoms with van der Waals surface area (Å²) < 4.78 is 17.7. The third-order valence-electron chi connectivity index (χ3n) is 7.02. The van der Waals surface area contributed by atoms with Gasteiger partial charge in [-0.05, 0) is 48.6 Å². The number of ketones is 1. The summed E-state index contributed by atoms with van der Waals surface area (Å²) >= 11 is 1.41. The number of rotatable bonds is 6. The van der Waals surface area contributed by atoms with E-state index in [0.29, 0.717) is 57.6 Å². The Labute approximate surface area is 225 Å². The number of hydrogen-bond acceptors (Lipinski definition) is 8. The van der Waals surface area contributed by atoms with Crippen LogP contribution in [0.15, 0.2) is 58.9 Å². The van der Waals surface area contributed by atoms with Crippen molar-refractivity contribution in [3.8, 4) is 17.2 Å². The highest BCUT2D eigenvalue weighted by Gasteiger charge is 2.43. The highest BCUT2D eigenvalue weighted by molar-refractivity contribution is 7.22. The fraction of sp³-hybridized carbons (Fsp3) is 0.345. The molecule has 1 aliphatic carbocycles. The van der Waals surface area contributed by atoms with Gasteiger partial charge in [0.05, 0.1) is 31.5 Å². The second-order valence-electron chi connectivity index (χ2n) is 10.3. The number of carbonyl (C=O) groups is 2. The van der Waals surface area contributed by atoms with Gasteiger partial charge in [-0.25, -0.2) is 4.98 Å². The molecule has 0 bridgehead atoms. The molecule has 0 fully saturated rings. The van der Waals surface area contributed by atoms with Crippen LogP contribution in [0.2, 0.25) is 0 Å². The summed E-state index contributed by atoms with van der Waals surface area (Å²) in [4.78, 5) is 32.1. The number of fused-ring (bicyclic) bond motifs is 1. The van der Waals surface area contributed by atoms with Crippen LogP contribution in [0.25, 0.3) is 10.2 Å². The van der Waals surface area contributed by atoms with Crippen molar-refractivity contribution in [3.63, 3.8) is 0 Å². The molecule has 0 radical (unpaired) electrons. The number of carbonyl (C=O) groups excluding carboxylic acids is 2. The molecule has 3 aromatic rings. The zero-order valence-electron chi connectivity index (χ0n) is 22.4. The fourth-order valence-electron chi connectivity index (χ4n) is 5.43. The molecule has 1 aliphatic heterocycles. The molecule has 2 heterocycles. The second kappa shape index (κ2) is 9.79. The quantitative estimate of drug-likeness (QED) is 0.428. The molecule has 198 valence electrons. The first-order valence-corrected chi connectivity index (χ1v) is 13.2. The number of aromatic nitrogens is 1. The van der Waals surface area contributed by atoms with E-state index in [9.17, 15) is 9.59 Å². The Hall–Kier alpha value is -3.85. The maximum absolute atomic E-state index is 13.9. The zero-order valence-corrected chi connectivity index (χ0v) is 23.2. The van der Waals surface area contributed by atoms with Gasteiger partial charge in [-0.15, -0.1) is 0 Å². The number of dihydropyridines is 1. The number of thiazole rings is 1. The number of para-hydroxylation sites is 1. The predicted molar refractivity (Wildman–Crippen MR) is 148 cm³/mol. The summed E-state index contributed by atoms with van der Waals surface area (Å²) in [6, 6.07) is 11.4. The molecule has 0 saturated carbocycles. The molecule has 1 aromatic heterocycles. The molecule has 1 atom stereocenters. The first-order chi connectivity index (χ1) is 18.2. The van der Waals surface area contributed by atoms with Crippen molar-refractivity contribution < 1.29 is 23.8 Å². The third-order valence-corrected chi connectivity index (χ3v) is 7.97. The van der Waals surface area contributed by atoms with Gasteiger partial charge in [-0.2, -0.15) is 0 Å². The summed E-state index contributed by atoms with van der Waals surface area (Å²) in [6.07, 6.45) is 1.08. The first kappa shape index (κ1) is 25.8. The van der Waals surface area contributed by atoms with Gasteiger partial charge in [0.15, 0.2) is 22.4 Å². The molecule has 8 nitrogen and oxygen atoms in total. The van der Waals surface area contributed by atoms with E-state index in [1.807, 2.05) is 43.3 Å². The van der Waals surface area contributed by atoms with Crippen LogP contribution in [0.4, 0.5) is 5.13 Å². The van der Waals surface area contributed by atoms with E-state index in [1.165, 1.54) is 11.3 Å². The van der Waals surface area contributed by atoms with Gasteiger partial charge in [-0.1, -0.05) is 37.3 Å². The van der Waals surface area contributed by atoms with Gasteiger partial charge in [-0.3, -0.25) is 14.9 Å². The number of amides is 1. The summed E-state index contributed by atoms with van der Waals surface area (Å²) in [7, 11) is 4.63. The fourth-order valence-corrected chi connectivity index (χ4v) is 6.29. The summed E-state index contributed by atoms with van der Waals surface area (Å²) in [6.45, 7) is 6.03. The highest BCUT2D eigenvalue weighted by atomic mass is 32.1. The van der Waals surface area contributed by atoms with Crippen LogP contribution in [-0.2, 0) is 9.59 Å². The lowest BCUT2D eigenvalue weighted by molar-refractivity contribution is -0.118. The van der Waals surface area contributed by atoms with Crippen LogP contribution in [0.1, 0.15) is 45.1 Å². The van der Waals surface area contributed by atoms with Gasteiger partial charge < -0.3 is 19.5 Å². The SMILES string of the molecule is COc1cc([C@H]2C(C(=O)Nc3nc4ccccc4s3)=C(C)NC3=C2C(=O)CC(C)(C)C3)cc(OC)c1OC. The number of Topliss-reactive ketones (excluding diaryl/α,β-unsaturated/α-hetero) is 1. The smallest absolute Gasteiger partial charge is 0.256 e. The van der Waals surface area contributed by atoms with E-state index in [-0.39, 0.29) is 17.1 Å². The minimum Gasteiger partial charge on any atom is -0.493 e. The van der Waals surface area contributed by atoms with Gasteiger partial charge in [0.2, 0.25) is 5.75 Å². The van der Waals surface area contributed by atoms with Crippen molar-refractivity contribution in [3.05, 3.63) is 64.5 Å². The molecule has 1 amide bonds. The number of benzene rings is 2. The number of methoxy groups -OCH3 is 3. The van der Waals surface area contributed by atoms with Gasteiger partial charge in [0, 0.05) is 34.9 Å². The summed E-state index contributed by atoms with van der Waals surface area (Å²) in [5.74, 6) is 0.416. The molecular weight excluding hydrogens is 502 g/mol. The van der Waals surface area contributed by atoms with E-state index in [1.54, 1.807) is 21.3 Å². The average Bonchev–Trinajstić information content (AvgIpc) is 3.28. The molecule has 2 aromatic carbocycles. The average molecular weight is 534 g/mol. The van der Waals surface area contributed by atoms with Crippen molar-refractivity contribution in [1.82, 2.24) is 10.3 Å². The van der Waals surface area contributed by atoms with E-state index in [0.717, 1.165) is 15.9 Å². The van der Waals surface area contributed by atoms with Crippen molar-refractivity contribution in [1.29, 1.82) is 0 Å². The third kappa shape index (κ3) is 4.51. The standard InChI is InChI=1S/C29H31N3O5S/c1-15-23(27(34)32-28-31-17-9-7-8-10-22(17)38-28)24(25-18(30-15)13-29(2,3)14-19(25)33)16-11-20(35-4)26(37-6)21(12-16)36-5/h7-12,24,30H,13-14H2,1-6H3,(H,31,32,34)/t24-/m0/s1. The van der Waals surface area contributed by atoms with Crippen LogP contribution in [-0.4, -0.2) is 38.0 Å². The monoisotopic (exact) mass is 533 g/mol. The summed E-state index contributed by atoms with van der Waals surface area (Å²) in [5, 5.41) is 6.88. The topological polar surface area (TPSA) is 98.8 Å². The zero-order chi connectivity index (χ0) is 27.2. The van der Waals surface area contributed by atoms with E-state index in [2.05, 4.69) is 29.5 Å². The lowest BCUT2D eigenvalue weighted by Gasteiger charge is -2.39. The maximum Gasteiger partial charge on any atom is 0.256 e. The Morgan fingerprint density at radius 3 is 2.39 bits per heavy atom. The van der Waals surface area contributed by atoms with Gasteiger partial charge >= 0.3 is 0 Å². The Morgan fingerprint density at radius 2 is 1.76 bits per heavy atom. The number of nitrogens with one attached hydrogen (secondary N) is 2. The van der Waals surface area contributed by atoms with Crippen molar-refractivity contribution in [2.75, 3.05) is 26.6 Å². The molecule has 0 spiro atoms. The number of allylic oxidation sites excluding steroid dienone is 3. The molecule has 2 N–H and O–H groups in total. The molecule has 9 heteroatoms. The Balaban J connectivity index is 1.65. The maximum atomic E-state index is 13.9. The molecule has 2 aliphatic rings. The number of anilines is 1. The summed E-state index contributed by atoms with van der Waals surface area (Å²) in [5.41, 5.74) is 3.91. The van der Waals surface area contributed by atoms with Crippen LogP contribution in [0, 0.1) is 5.41 Å². The first-order valence-electron chi connectivity index (χ1n) is 12.4. The van der Waals surface area contributed by atoms with Gasteiger partial charge in [0.25, 0.3) is 5.91 Å². The molecular formula is C29H31N3O5S. The number of nitrogens with zero attached hydrogens (tertiary/aromatic N) is 1. The number of ether oxygens (including phenoxy) is 3. The predicted octanol–water partition coefficient (Wildman–Crippen LogP) is 5.56. The lowest BCUT2D eigenvalue weighted by atomic mass is 9.68. The minimum absolute atomic E-state index is 0.0142. The van der Waals surface area contributed by atoms with Crippen LogP contribution < -0.4 is 24.8 Å². The van der Waals surface area contributed by atoms with Crippen LogP contribution >= 0.6 is 11.3 Å². The van der Waals surface area contributed by atoms with Crippen LogP contribution in [0.3, 0.4) is 0 Å². The highest BCUT2D eigenvalue weighted by Crippen LogP contribution is 2.49. The molecule has 0 unspecified atom stereocenters. The molecule has 38 heavy (non-hydrogen) atoms. The van der Waals surface area contributed by atoms with Crippen molar-refractivity contribution in [2.45, 2.75) is 39.5 Å². The molecule has 0 saturated heterocycles. The number of hydrogen-bond donors (Lipinski definition) is 2. The van der Waals surface area contributed by atoms with E-state index in [4.69, 9.17) is 14.2 Å². The second-order valence-corrected chi connectivity index (χ2v) is 11.4. The van der Waals surface area contributed by atoms with E-state index >= 15 is 0 Å². The van der Waals surface area contributed by atoms with Crippen molar-refractivity contribution in [2.24, 2.45) is 5.41 Å². The largest absolute Gasteiger partial charge is 0.493 e.